The molecule has 204 valence electrons. The van der Waals surface area contributed by atoms with Crippen molar-refractivity contribution >= 4 is 45.0 Å². The number of allylic oxidation sites excluding steroid dienone is 1. The van der Waals surface area contributed by atoms with Gasteiger partial charge in [0, 0.05) is 28.8 Å². The maximum Gasteiger partial charge on any atom is 0.338 e. The molecule has 5 rings (SSSR count). The van der Waals surface area contributed by atoms with Gasteiger partial charge in [0.05, 0.1) is 29.0 Å². The van der Waals surface area contributed by atoms with Crippen LogP contribution in [0.1, 0.15) is 57.2 Å². The summed E-state index contributed by atoms with van der Waals surface area (Å²) in [6, 6.07) is 13.1. The monoisotopic (exact) mass is 609 g/mol. The van der Waals surface area contributed by atoms with Crippen LogP contribution in [0.15, 0.2) is 68.0 Å². The van der Waals surface area contributed by atoms with Crippen LogP contribution in [0.4, 0.5) is 5.69 Å². The molecule has 1 saturated heterocycles. The number of nitrogens with zero attached hydrogens (tertiary/aromatic N) is 3. The fraction of sp³-hybridized carbons (Fsp3) is 0.367. The molecule has 0 amide bonds. The molecule has 9 heteroatoms. The number of halogens is 1. The van der Waals surface area contributed by atoms with E-state index in [9.17, 15) is 9.59 Å². The zero-order valence-electron chi connectivity index (χ0n) is 22.6. The smallest absolute Gasteiger partial charge is 0.338 e. The van der Waals surface area contributed by atoms with Crippen molar-refractivity contribution in [2.45, 2.75) is 52.2 Å². The average molecular weight is 611 g/mol. The van der Waals surface area contributed by atoms with Crippen molar-refractivity contribution < 1.29 is 14.3 Å². The van der Waals surface area contributed by atoms with E-state index < -0.39 is 12.0 Å². The Morgan fingerprint density at radius 1 is 1.13 bits per heavy atom. The van der Waals surface area contributed by atoms with Gasteiger partial charge in [-0.05, 0) is 82.0 Å². The van der Waals surface area contributed by atoms with Crippen LogP contribution < -0.4 is 24.5 Å². The second kappa shape index (κ2) is 11.5. The number of hydrogen-bond acceptors (Lipinski definition) is 7. The molecule has 0 aliphatic carbocycles. The van der Waals surface area contributed by atoms with E-state index in [1.54, 1.807) is 32.4 Å². The molecule has 2 aromatic carbocycles. The van der Waals surface area contributed by atoms with E-state index in [0.717, 1.165) is 23.1 Å². The molecule has 0 radical (unpaired) electrons. The Morgan fingerprint density at radius 3 is 2.51 bits per heavy atom. The van der Waals surface area contributed by atoms with Gasteiger partial charge >= 0.3 is 5.97 Å². The molecule has 0 bridgehead atoms. The highest BCUT2D eigenvalue weighted by Gasteiger charge is 2.35. The summed E-state index contributed by atoms with van der Waals surface area (Å²) >= 11 is 4.86. The van der Waals surface area contributed by atoms with Crippen molar-refractivity contribution in [3.63, 3.8) is 0 Å². The summed E-state index contributed by atoms with van der Waals surface area (Å²) in [5, 5.41) is 0. The Hall–Kier alpha value is -3.17. The summed E-state index contributed by atoms with van der Waals surface area (Å²) < 4.78 is 14.2. The Kier molecular flexibility index (Phi) is 8.09. The second-order valence-electron chi connectivity index (χ2n) is 10.1. The predicted molar refractivity (Wildman–Crippen MR) is 158 cm³/mol. The molecular weight excluding hydrogens is 578 g/mol. The van der Waals surface area contributed by atoms with Gasteiger partial charge in [0.25, 0.3) is 5.56 Å². The Bertz CT molecular complexity index is 1600. The van der Waals surface area contributed by atoms with Crippen LogP contribution >= 0.6 is 27.3 Å². The van der Waals surface area contributed by atoms with Gasteiger partial charge < -0.3 is 14.4 Å². The first-order valence-corrected chi connectivity index (χ1v) is 14.8. The lowest BCUT2D eigenvalue weighted by Gasteiger charge is -2.28. The number of piperidine rings is 1. The van der Waals surface area contributed by atoms with Crippen LogP contribution in [0.2, 0.25) is 0 Å². The first kappa shape index (κ1) is 27.4. The summed E-state index contributed by atoms with van der Waals surface area (Å²) in [6.45, 7) is 7.54. The molecule has 0 saturated carbocycles. The minimum Gasteiger partial charge on any atom is -0.496 e. The number of anilines is 1. The van der Waals surface area contributed by atoms with E-state index in [4.69, 9.17) is 9.47 Å². The van der Waals surface area contributed by atoms with Crippen LogP contribution in [0.3, 0.4) is 0 Å². The molecule has 1 atom stereocenters. The summed E-state index contributed by atoms with van der Waals surface area (Å²) in [6.07, 6.45) is 5.31. The minimum absolute atomic E-state index is 0.215. The van der Waals surface area contributed by atoms with E-state index in [1.165, 1.54) is 36.3 Å². The molecule has 3 aromatic rings. The standard InChI is InChI=1S/C30H32BrN3O4S/c1-18(2)38-29(36)26-19(3)32-30-34(27(26)23-17-21(31)10-13-24(23)37-4)28(35)25(39-30)16-20-8-11-22(12-9-20)33-14-6-5-7-15-33/h8-13,16-18,27H,5-7,14-15H2,1-4H3/b25-16-/t27-/m0/s1. The number of benzene rings is 2. The Morgan fingerprint density at radius 2 is 1.85 bits per heavy atom. The summed E-state index contributed by atoms with van der Waals surface area (Å²) in [4.78, 5) is 34.9. The van der Waals surface area contributed by atoms with Crippen LogP contribution in [-0.4, -0.2) is 36.8 Å². The molecule has 39 heavy (non-hydrogen) atoms. The highest BCUT2D eigenvalue weighted by atomic mass is 79.9. The topological polar surface area (TPSA) is 73.1 Å². The van der Waals surface area contributed by atoms with Gasteiger partial charge in [0.15, 0.2) is 4.80 Å². The average Bonchev–Trinajstić information content (AvgIpc) is 3.22. The molecule has 2 aliphatic rings. The lowest BCUT2D eigenvalue weighted by molar-refractivity contribution is -0.143. The Balaban J connectivity index is 1.63. The summed E-state index contributed by atoms with van der Waals surface area (Å²) in [7, 11) is 1.58. The summed E-state index contributed by atoms with van der Waals surface area (Å²) in [5.74, 6) is 0.0662. The molecule has 0 unspecified atom stereocenters. The number of carbonyl (C=O) groups is 1. The molecule has 3 heterocycles. The number of esters is 1. The van der Waals surface area contributed by atoms with Crippen molar-refractivity contribution in [2.75, 3.05) is 25.1 Å². The number of ether oxygens (including phenoxy) is 2. The number of methoxy groups -OCH3 is 1. The lowest BCUT2D eigenvalue weighted by atomic mass is 9.95. The molecule has 7 nitrogen and oxygen atoms in total. The van der Waals surface area contributed by atoms with Gasteiger partial charge in [-0.2, -0.15) is 0 Å². The fourth-order valence-corrected chi connectivity index (χ4v) is 6.58. The van der Waals surface area contributed by atoms with Gasteiger partial charge in [-0.15, -0.1) is 0 Å². The quantitative estimate of drug-likeness (QED) is 0.370. The maximum absolute atomic E-state index is 13.9. The van der Waals surface area contributed by atoms with Crippen molar-refractivity contribution in [1.82, 2.24) is 4.57 Å². The highest BCUT2D eigenvalue weighted by Crippen LogP contribution is 2.37. The predicted octanol–water partition coefficient (Wildman–Crippen LogP) is 4.95. The lowest BCUT2D eigenvalue weighted by Crippen LogP contribution is -2.40. The van der Waals surface area contributed by atoms with Crippen LogP contribution in [0.25, 0.3) is 6.08 Å². The number of rotatable bonds is 6. The third kappa shape index (κ3) is 5.61. The second-order valence-corrected chi connectivity index (χ2v) is 12.0. The van der Waals surface area contributed by atoms with Crippen LogP contribution in [0, 0.1) is 0 Å². The van der Waals surface area contributed by atoms with Crippen LogP contribution in [0.5, 0.6) is 5.75 Å². The number of thiazole rings is 1. The number of fused-ring (bicyclic) bond motifs is 1. The first-order valence-electron chi connectivity index (χ1n) is 13.2. The maximum atomic E-state index is 13.9. The zero-order chi connectivity index (χ0) is 27.7. The van der Waals surface area contributed by atoms with Crippen molar-refractivity contribution in [2.24, 2.45) is 4.99 Å². The minimum atomic E-state index is -0.747. The number of aromatic nitrogens is 1. The van der Waals surface area contributed by atoms with E-state index in [0.29, 0.717) is 31.9 Å². The van der Waals surface area contributed by atoms with Gasteiger partial charge in [-0.1, -0.05) is 39.4 Å². The fourth-order valence-electron chi connectivity index (χ4n) is 5.16. The van der Waals surface area contributed by atoms with Crippen molar-refractivity contribution in [1.29, 1.82) is 0 Å². The number of hydrogen-bond donors (Lipinski definition) is 0. The largest absolute Gasteiger partial charge is 0.496 e. The molecule has 1 aromatic heterocycles. The third-order valence-corrected chi connectivity index (χ3v) is 8.46. The summed E-state index contributed by atoms with van der Waals surface area (Å²) in [5.41, 5.74) is 3.45. The van der Waals surface area contributed by atoms with Crippen molar-refractivity contribution in [3.05, 3.63) is 89.0 Å². The number of carbonyl (C=O) groups excluding carboxylic acids is 1. The van der Waals surface area contributed by atoms with Gasteiger partial charge in [-0.3, -0.25) is 9.36 Å². The first-order chi connectivity index (χ1) is 18.8. The van der Waals surface area contributed by atoms with Gasteiger partial charge in [-0.25, -0.2) is 9.79 Å². The molecule has 2 aliphatic heterocycles. The third-order valence-electron chi connectivity index (χ3n) is 6.98. The Labute approximate surface area is 240 Å². The van der Waals surface area contributed by atoms with Crippen molar-refractivity contribution in [3.8, 4) is 5.75 Å². The van der Waals surface area contributed by atoms with E-state index in [-0.39, 0.29) is 11.7 Å². The van der Waals surface area contributed by atoms with E-state index in [1.807, 2.05) is 36.4 Å². The molecule has 0 N–H and O–H groups in total. The SMILES string of the molecule is COc1ccc(Br)cc1[C@H]1C(C(=O)OC(C)C)=C(C)N=c2s/c(=C\c3ccc(N4CCCCC4)cc3)c(=O)n21. The zero-order valence-corrected chi connectivity index (χ0v) is 25.0. The highest BCUT2D eigenvalue weighted by molar-refractivity contribution is 9.10. The molecule has 1 fully saturated rings. The van der Waals surface area contributed by atoms with Crippen LogP contribution in [-0.2, 0) is 9.53 Å². The molecule has 0 spiro atoms. The van der Waals surface area contributed by atoms with E-state index in [2.05, 4.69) is 38.0 Å². The van der Waals surface area contributed by atoms with Gasteiger partial charge in [0.2, 0.25) is 0 Å². The normalized spacial score (nSPS) is 17.7. The van der Waals surface area contributed by atoms with Gasteiger partial charge in [0.1, 0.15) is 11.8 Å². The molecular formula is C30H32BrN3O4S. The van der Waals surface area contributed by atoms with E-state index >= 15 is 0 Å².